The van der Waals surface area contributed by atoms with E-state index >= 15 is 0 Å². The van der Waals surface area contributed by atoms with Crippen LogP contribution in [-0.2, 0) is 0 Å². The van der Waals surface area contributed by atoms with Crippen molar-refractivity contribution in [2.24, 2.45) is 0 Å². The summed E-state index contributed by atoms with van der Waals surface area (Å²) >= 11 is 0. The van der Waals surface area contributed by atoms with Crippen LogP contribution in [0.5, 0.6) is 0 Å². The van der Waals surface area contributed by atoms with Crippen molar-refractivity contribution < 1.29 is 9.90 Å². The summed E-state index contributed by atoms with van der Waals surface area (Å²) in [6.45, 7) is 2.38. The van der Waals surface area contributed by atoms with Crippen molar-refractivity contribution in [1.82, 2.24) is 4.90 Å². The van der Waals surface area contributed by atoms with E-state index in [0.29, 0.717) is 24.3 Å². The predicted molar refractivity (Wildman–Crippen MR) is 62.4 cm³/mol. The Hall–Kier alpha value is -2.06. The van der Waals surface area contributed by atoms with Crippen molar-refractivity contribution in [1.29, 1.82) is 5.26 Å². The number of carbonyl (C=O) groups excluding carboxylic acids is 1. The summed E-state index contributed by atoms with van der Waals surface area (Å²) in [7, 11) is 0. The van der Waals surface area contributed by atoms with Gasteiger partial charge in [0.1, 0.15) is 0 Å². The van der Waals surface area contributed by atoms with Crippen molar-refractivity contribution in [2.75, 3.05) is 18.4 Å². The standard InChI is InChI=1S/C12H13N3O2/c1-12(17)7-15(8-12)11(16)14-10-4-2-9(6-13)3-5-10/h2-5,17H,7-8H2,1H3,(H,14,16). The molecular formula is C12H13N3O2. The van der Waals surface area contributed by atoms with E-state index in [1.54, 1.807) is 31.2 Å². The number of aliphatic hydroxyl groups is 1. The highest BCUT2D eigenvalue weighted by atomic mass is 16.3. The van der Waals surface area contributed by atoms with Crippen LogP contribution in [0, 0.1) is 11.3 Å². The minimum Gasteiger partial charge on any atom is -0.386 e. The molecule has 1 heterocycles. The molecule has 0 spiro atoms. The Balaban J connectivity index is 1.93. The lowest BCUT2D eigenvalue weighted by Crippen LogP contribution is -2.62. The molecule has 0 aromatic heterocycles. The average Bonchev–Trinajstić information content (AvgIpc) is 2.26. The van der Waals surface area contributed by atoms with E-state index in [9.17, 15) is 9.90 Å². The maximum absolute atomic E-state index is 11.7. The molecule has 0 bridgehead atoms. The van der Waals surface area contributed by atoms with Crippen LogP contribution in [0.15, 0.2) is 24.3 Å². The summed E-state index contributed by atoms with van der Waals surface area (Å²) in [5, 5.41) is 20.8. The molecular weight excluding hydrogens is 218 g/mol. The van der Waals surface area contributed by atoms with Gasteiger partial charge in [-0.2, -0.15) is 5.26 Å². The van der Waals surface area contributed by atoms with E-state index in [-0.39, 0.29) is 6.03 Å². The molecule has 1 fully saturated rings. The molecule has 5 nitrogen and oxygen atoms in total. The Labute approximate surface area is 99.3 Å². The number of hydrogen-bond acceptors (Lipinski definition) is 3. The first kappa shape index (κ1) is 11.4. The molecule has 88 valence electrons. The lowest BCUT2D eigenvalue weighted by molar-refractivity contribution is -0.0581. The number of benzene rings is 1. The Morgan fingerprint density at radius 3 is 2.53 bits per heavy atom. The smallest absolute Gasteiger partial charge is 0.322 e. The predicted octanol–water partition coefficient (Wildman–Crippen LogP) is 1.16. The number of hydrogen-bond donors (Lipinski definition) is 2. The second kappa shape index (κ2) is 4.07. The average molecular weight is 231 g/mol. The Bertz CT molecular complexity index is 466. The normalized spacial score (nSPS) is 16.9. The summed E-state index contributed by atoms with van der Waals surface area (Å²) in [6, 6.07) is 8.40. The third kappa shape index (κ3) is 2.55. The van der Waals surface area contributed by atoms with E-state index in [1.807, 2.05) is 6.07 Å². The van der Waals surface area contributed by atoms with Gasteiger partial charge >= 0.3 is 6.03 Å². The highest BCUT2D eigenvalue weighted by molar-refractivity contribution is 5.90. The van der Waals surface area contributed by atoms with Gasteiger partial charge < -0.3 is 15.3 Å². The number of likely N-dealkylation sites (tertiary alicyclic amines) is 1. The maximum atomic E-state index is 11.7. The quantitative estimate of drug-likeness (QED) is 0.761. The fourth-order valence-corrected chi connectivity index (χ4v) is 1.75. The Morgan fingerprint density at radius 1 is 1.47 bits per heavy atom. The number of carbonyl (C=O) groups is 1. The zero-order valence-electron chi connectivity index (χ0n) is 9.47. The van der Waals surface area contributed by atoms with Crippen LogP contribution in [0.4, 0.5) is 10.5 Å². The van der Waals surface area contributed by atoms with E-state index in [1.165, 1.54) is 4.90 Å². The van der Waals surface area contributed by atoms with Gasteiger partial charge in [0.05, 0.1) is 30.3 Å². The highest BCUT2D eigenvalue weighted by Gasteiger charge is 2.39. The molecule has 2 N–H and O–H groups in total. The van der Waals surface area contributed by atoms with E-state index in [0.717, 1.165) is 0 Å². The monoisotopic (exact) mass is 231 g/mol. The zero-order chi connectivity index (χ0) is 12.5. The van der Waals surface area contributed by atoms with Crippen molar-refractivity contribution in [3.8, 4) is 6.07 Å². The van der Waals surface area contributed by atoms with Gasteiger partial charge in [-0.1, -0.05) is 0 Å². The van der Waals surface area contributed by atoms with Gasteiger partial charge in [0.15, 0.2) is 0 Å². The number of rotatable bonds is 1. The number of nitrogens with one attached hydrogen (secondary N) is 1. The molecule has 17 heavy (non-hydrogen) atoms. The maximum Gasteiger partial charge on any atom is 0.322 e. The van der Waals surface area contributed by atoms with Gasteiger partial charge in [-0.15, -0.1) is 0 Å². The summed E-state index contributed by atoms with van der Waals surface area (Å²) in [4.78, 5) is 13.2. The van der Waals surface area contributed by atoms with Crippen LogP contribution >= 0.6 is 0 Å². The highest BCUT2D eigenvalue weighted by Crippen LogP contribution is 2.20. The van der Waals surface area contributed by atoms with Gasteiger partial charge in [0.25, 0.3) is 0 Å². The summed E-state index contributed by atoms with van der Waals surface area (Å²) in [5.74, 6) is 0. The number of β-amino-alcohol motifs (C(OH)–C–C–N with tert-alkyl or cyclic N) is 1. The fourth-order valence-electron chi connectivity index (χ4n) is 1.75. The van der Waals surface area contributed by atoms with Crippen molar-refractivity contribution in [3.05, 3.63) is 29.8 Å². The number of amides is 2. The molecule has 1 aromatic rings. The number of nitriles is 1. The van der Waals surface area contributed by atoms with Gasteiger partial charge in [-0.3, -0.25) is 0 Å². The Morgan fingerprint density at radius 2 is 2.06 bits per heavy atom. The van der Waals surface area contributed by atoms with Gasteiger partial charge in [-0.25, -0.2) is 4.79 Å². The van der Waals surface area contributed by atoms with Crippen LogP contribution in [0.1, 0.15) is 12.5 Å². The van der Waals surface area contributed by atoms with Crippen LogP contribution in [0.25, 0.3) is 0 Å². The largest absolute Gasteiger partial charge is 0.386 e. The lowest BCUT2D eigenvalue weighted by atomic mass is 9.98. The molecule has 0 atom stereocenters. The fraction of sp³-hybridized carbons (Fsp3) is 0.333. The molecule has 1 aromatic carbocycles. The van der Waals surface area contributed by atoms with Crippen LogP contribution in [-0.4, -0.2) is 34.7 Å². The third-order valence-corrected chi connectivity index (χ3v) is 2.62. The summed E-state index contributed by atoms with van der Waals surface area (Å²) < 4.78 is 0. The van der Waals surface area contributed by atoms with E-state index in [2.05, 4.69) is 5.32 Å². The first-order valence-corrected chi connectivity index (χ1v) is 5.29. The third-order valence-electron chi connectivity index (χ3n) is 2.62. The first-order valence-electron chi connectivity index (χ1n) is 5.29. The van der Waals surface area contributed by atoms with Crippen molar-refractivity contribution in [3.63, 3.8) is 0 Å². The SMILES string of the molecule is CC1(O)CN(C(=O)Nc2ccc(C#N)cc2)C1. The minimum absolute atomic E-state index is 0.235. The van der Waals surface area contributed by atoms with Gasteiger partial charge in [-0.05, 0) is 31.2 Å². The van der Waals surface area contributed by atoms with Crippen LogP contribution in [0.3, 0.4) is 0 Å². The Kier molecular flexibility index (Phi) is 2.74. The van der Waals surface area contributed by atoms with E-state index in [4.69, 9.17) is 5.26 Å². The first-order chi connectivity index (χ1) is 8.00. The van der Waals surface area contributed by atoms with Crippen molar-refractivity contribution >= 4 is 11.7 Å². The molecule has 1 aliphatic heterocycles. The molecule has 1 saturated heterocycles. The summed E-state index contributed by atoms with van der Waals surface area (Å²) in [5.41, 5.74) is 0.428. The second-order valence-corrected chi connectivity index (χ2v) is 4.47. The zero-order valence-corrected chi connectivity index (χ0v) is 9.47. The van der Waals surface area contributed by atoms with Crippen molar-refractivity contribution in [2.45, 2.75) is 12.5 Å². The van der Waals surface area contributed by atoms with Crippen LogP contribution < -0.4 is 5.32 Å². The molecule has 2 amide bonds. The lowest BCUT2D eigenvalue weighted by Gasteiger charge is -2.43. The molecule has 0 unspecified atom stereocenters. The number of anilines is 1. The van der Waals surface area contributed by atoms with E-state index < -0.39 is 5.60 Å². The molecule has 1 aliphatic rings. The molecule has 2 rings (SSSR count). The second-order valence-electron chi connectivity index (χ2n) is 4.47. The molecule has 0 aliphatic carbocycles. The van der Waals surface area contributed by atoms with Gasteiger partial charge in [0.2, 0.25) is 0 Å². The number of urea groups is 1. The topological polar surface area (TPSA) is 76.4 Å². The van der Waals surface area contributed by atoms with Crippen LogP contribution in [0.2, 0.25) is 0 Å². The number of nitrogens with zero attached hydrogens (tertiary/aromatic N) is 2. The minimum atomic E-state index is -0.762. The molecule has 0 saturated carbocycles. The van der Waals surface area contributed by atoms with Gasteiger partial charge in [0, 0.05) is 5.69 Å². The molecule has 5 heteroatoms. The summed E-state index contributed by atoms with van der Waals surface area (Å²) in [6.07, 6.45) is 0. The molecule has 0 radical (unpaired) electrons.